The van der Waals surface area contributed by atoms with Crippen LogP contribution >= 0.6 is 0 Å². The fourth-order valence-electron chi connectivity index (χ4n) is 4.86. The summed E-state index contributed by atoms with van der Waals surface area (Å²) in [5.41, 5.74) is 6.41. The number of hydrogen-bond donors (Lipinski definition) is 2. The Morgan fingerprint density at radius 2 is 1.73 bits per heavy atom. The Morgan fingerprint density at radius 3 is 2.60 bits per heavy atom. The van der Waals surface area contributed by atoms with E-state index in [1.165, 1.54) is 6.26 Å². The summed E-state index contributed by atoms with van der Waals surface area (Å²) < 4.78 is 5.77. The van der Waals surface area contributed by atoms with Crippen LogP contribution in [0.2, 0.25) is 0 Å². The molecule has 7 aromatic rings. The van der Waals surface area contributed by atoms with E-state index >= 15 is 0 Å². The number of aryl methyl sites for hydroxylation is 2. The zero-order chi connectivity index (χ0) is 26.9. The lowest BCUT2D eigenvalue weighted by Crippen LogP contribution is -2.23. The van der Waals surface area contributed by atoms with Crippen molar-refractivity contribution in [3.63, 3.8) is 0 Å². The van der Waals surface area contributed by atoms with Crippen LogP contribution in [0.25, 0.3) is 44.3 Å². The van der Waals surface area contributed by atoms with Gasteiger partial charge in [0.05, 0.1) is 34.3 Å². The predicted octanol–water partition coefficient (Wildman–Crippen LogP) is 5.42. The van der Waals surface area contributed by atoms with Gasteiger partial charge in [-0.05, 0) is 60.5 Å². The molecule has 7 rings (SSSR count). The quantitative estimate of drug-likeness (QED) is 0.266. The Hall–Kier alpha value is -5.44. The normalized spacial score (nSPS) is 11.4. The molecule has 1 amide bonds. The summed E-state index contributed by atoms with van der Waals surface area (Å²) in [6, 6.07) is 25.8. The minimum atomic E-state index is -0.351. The molecule has 4 heterocycles. The summed E-state index contributed by atoms with van der Waals surface area (Å²) in [6.07, 6.45) is 4.41. The zero-order valence-corrected chi connectivity index (χ0v) is 21.3. The Kier molecular flexibility index (Phi) is 5.93. The van der Waals surface area contributed by atoms with E-state index in [2.05, 4.69) is 43.7 Å². The van der Waals surface area contributed by atoms with Crippen LogP contribution in [0, 0.1) is 0 Å². The molecule has 4 aromatic heterocycles. The van der Waals surface area contributed by atoms with E-state index in [9.17, 15) is 4.79 Å². The highest BCUT2D eigenvalue weighted by molar-refractivity contribution is 5.96. The van der Waals surface area contributed by atoms with E-state index in [0.29, 0.717) is 11.6 Å². The number of oxazole rings is 1. The maximum Gasteiger partial charge on any atom is 0.273 e. The van der Waals surface area contributed by atoms with Crippen molar-refractivity contribution in [2.75, 3.05) is 0 Å². The molecule has 0 aliphatic heterocycles. The van der Waals surface area contributed by atoms with E-state index in [4.69, 9.17) is 14.4 Å². The summed E-state index contributed by atoms with van der Waals surface area (Å²) in [5, 5.41) is 12.8. The smallest absolute Gasteiger partial charge is 0.273 e. The third kappa shape index (κ3) is 4.64. The molecule has 0 bridgehead atoms. The number of nitrogens with one attached hydrogen (secondary N) is 2. The summed E-state index contributed by atoms with van der Waals surface area (Å²) in [5.74, 6) is 0.925. The highest BCUT2D eigenvalue weighted by Crippen LogP contribution is 2.30. The van der Waals surface area contributed by atoms with Gasteiger partial charge in [0.1, 0.15) is 12.1 Å². The fourth-order valence-corrected chi connectivity index (χ4v) is 4.86. The third-order valence-electron chi connectivity index (χ3n) is 6.83. The summed E-state index contributed by atoms with van der Waals surface area (Å²) in [7, 11) is 0. The molecule has 0 atom stereocenters. The molecule has 9 heteroatoms. The highest BCUT2D eigenvalue weighted by Gasteiger charge is 2.17. The van der Waals surface area contributed by atoms with Gasteiger partial charge in [-0.15, -0.1) is 0 Å². The first-order chi connectivity index (χ1) is 19.7. The molecule has 0 radical (unpaired) electrons. The second-order valence-corrected chi connectivity index (χ2v) is 9.52. The Bertz CT molecular complexity index is 1960. The van der Waals surface area contributed by atoms with Crippen LogP contribution < -0.4 is 5.32 Å². The van der Waals surface area contributed by atoms with Gasteiger partial charge in [-0.2, -0.15) is 10.2 Å². The molecule has 0 spiro atoms. The number of amides is 1. The van der Waals surface area contributed by atoms with E-state index in [1.54, 1.807) is 18.3 Å². The third-order valence-corrected chi connectivity index (χ3v) is 6.83. The number of fused-ring (bicyclic) bond motifs is 3. The average Bonchev–Trinajstić information content (AvgIpc) is 3.66. The van der Waals surface area contributed by atoms with Crippen molar-refractivity contribution in [1.82, 2.24) is 35.5 Å². The summed E-state index contributed by atoms with van der Waals surface area (Å²) in [6.45, 7) is 0.244. The topological polar surface area (TPSA) is 122 Å². The molecule has 194 valence electrons. The van der Waals surface area contributed by atoms with Crippen molar-refractivity contribution in [3.05, 3.63) is 114 Å². The SMILES string of the molecule is O=C(NCc1cccnn1)c1coc(-c2cc(CCc3nc4ccccc4[nH]3)c3cc4ccccc4nc3c2)n1. The van der Waals surface area contributed by atoms with E-state index in [1.807, 2.05) is 48.5 Å². The van der Waals surface area contributed by atoms with Gasteiger partial charge in [0.15, 0.2) is 5.69 Å². The first-order valence-corrected chi connectivity index (χ1v) is 13.0. The van der Waals surface area contributed by atoms with Gasteiger partial charge >= 0.3 is 0 Å². The Morgan fingerprint density at radius 1 is 0.850 bits per heavy atom. The Labute approximate surface area is 228 Å². The van der Waals surface area contributed by atoms with Crippen LogP contribution in [-0.2, 0) is 19.4 Å². The highest BCUT2D eigenvalue weighted by atomic mass is 16.3. The lowest BCUT2D eigenvalue weighted by molar-refractivity contribution is 0.0945. The zero-order valence-electron chi connectivity index (χ0n) is 21.3. The van der Waals surface area contributed by atoms with Crippen molar-refractivity contribution in [2.24, 2.45) is 0 Å². The number of carbonyl (C=O) groups excluding carboxylic acids is 1. The van der Waals surface area contributed by atoms with E-state index in [-0.39, 0.29) is 18.1 Å². The van der Waals surface area contributed by atoms with Crippen molar-refractivity contribution in [2.45, 2.75) is 19.4 Å². The number of para-hydroxylation sites is 3. The molecule has 9 nitrogen and oxygen atoms in total. The van der Waals surface area contributed by atoms with Crippen LogP contribution in [0.5, 0.6) is 0 Å². The van der Waals surface area contributed by atoms with Gasteiger partial charge in [-0.25, -0.2) is 15.0 Å². The first kappa shape index (κ1) is 23.7. The van der Waals surface area contributed by atoms with Gasteiger partial charge in [0.25, 0.3) is 5.91 Å². The number of pyridine rings is 1. The summed E-state index contributed by atoms with van der Waals surface area (Å²) in [4.78, 5) is 30.3. The molecule has 40 heavy (non-hydrogen) atoms. The number of nitrogens with zero attached hydrogens (tertiary/aromatic N) is 5. The summed E-state index contributed by atoms with van der Waals surface area (Å²) >= 11 is 0. The predicted molar refractivity (Wildman–Crippen MR) is 151 cm³/mol. The molecule has 0 aliphatic rings. The second kappa shape index (κ2) is 10.0. The molecule has 0 unspecified atom stereocenters. The molecule has 0 saturated heterocycles. The van der Waals surface area contributed by atoms with Crippen LogP contribution in [0.4, 0.5) is 0 Å². The second-order valence-electron chi connectivity index (χ2n) is 9.52. The molecular formula is C31H23N7O2. The van der Waals surface area contributed by atoms with E-state index in [0.717, 1.165) is 62.6 Å². The molecule has 0 aliphatic carbocycles. The van der Waals surface area contributed by atoms with Crippen LogP contribution in [-0.4, -0.2) is 36.0 Å². The van der Waals surface area contributed by atoms with E-state index < -0.39 is 0 Å². The van der Waals surface area contributed by atoms with Crippen LogP contribution in [0.15, 0.2) is 95.7 Å². The first-order valence-electron chi connectivity index (χ1n) is 13.0. The van der Waals surface area contributed by atoms with Gasteiger partial charge in [0.2, 0.25) is 5.89 Å². The number of hydrogen-bond acceptors (Lipinski definition) is 7. The fraction of sp³-hybridized carbons (Fsp3) is 0.0968. The number of aromatic amines is 1. The van der Waals surface area contributed by atoms with Crippen molar-refractivity contribution < 1.29 is 9.21 Å². The number of rotatable bonds is 7. The molecular weight excluding hydrogens is 502 g/mol. The standard InChI is InChI=1S/C31H23N7O2/c39-30(32-17-22-7-5-13-33-38-22)28-18-40-31(37-28)21-14-19(11-12-29-35-25-9-3-4-10-26(25)36-29)23-15-20-6-1-2-8-24(20)34-27(23)16-21/h1-10,13-16,18H,11-12,17H2,(H,32,39)(H,35,36). The van der Waals surface area contributed by atoms with Gasteiger partial charge < -0.3 is 14.7 Å². The molecule has 3 aromatic carbocycles. The molecule has 0 saturated carbocycles. The number of benzene rings is 3. The van der Waals surface area contributed by atoms with Crippen molar-refractivity contribution in [1.29, 1.82) is 0 Å². The monoisotopic (exact) mass is 525 g/mol. The van der Waals surface area contributed by atoms with Gasteiger partial charge in [0, 0.05) is 29.0 Å². The van der Waals surface area contributed by atoms with Crippen LogP contribution in [0.1, 0.15) is 27.6 Å². The molecule has 0 fully saturated rings. The minimum Gasteiger partial charge on any atom is -0.444 e. The lowest BCUT2D eigenvalue weighted by atomic mass is 9.98. The number of aromatic nitrogens is 6. The lowest BCUT2D eigenvalue weighted by Gasteiger charge is -2.10. The van der Waals surface area contributed by atoms with Crippen molar-refractivity contribution >= 4 is 38.7 Å². The molecule has 2 N–H and O–H groups in total. The van der Waals surface area contributed by atoms with Gasteiger partial charge in [-0.3, -0.25) is 4.79 Å². The minimum absolute atomic E-state index is 0.189. The maximum absolute atomic E-state index is 12.7. The van der Waals surface area contributed by atoms with Crippen LogP contribution in [0.3, 0.4) is 0 Å². The number of imidazole rings is 1. The number of carbonyl (C=O) groups is 1. The van der Waals surface area contributed by atoms with Crippen molar-refractivity contribution in [3.8, 4) is 11.5 Å². The average molecular weight is 526 g/mol. The maximum atomic E-state index is 12.7. The van der Waals surface area contributed by atoms with Gasteiger partial charge in [-0.1, -0.05) is 30.3 Å². The number of H-pyrrole nitrogens is 1. The largest absolute Gasteiger partial charge is 0.444 e. The Balaban J connectivity index is 1.22.